The van der Waals surface area contributed by atoms with Crippen molar-refractivity contribution in [1.82, 2.24) is 9.55 Å². The van der Waals surface area contributed by atoms with E-state index in [1.807, 2.05) is 18.5 Å². The van der Waals surface area contributed by atoms with Gasteiger partial charge in [-0.05, 0) is 26.2 Å². The highest BCUT2D eigenvalue weighted by atomic mass is 16.1. The number of nitrogens with zero attached hydrogens (tertiary/aromatic N) is 2. The van der Waals surface area contributed by atoms with Crippen molar-refractivity contribution in [2.75, 3.05) is 0 Å². The molecule has 1 aromatic rings. The third-order valence-corrected chi connectivity index (χ3v) is 2.77. The average Bonchev–Trinajstić information content (AvgIpc) is 2.30. The summed E-state index contributed by atoms with van der Waals surface area (Å²) in [6, 6.07) is 0. The lowest BCUT2D eigenvalue weighted by Crippen LogP contribution is -2.01. The van der Waals surface area contributed by atoms with E-state index in [1.54, 1.807) is 0 Å². The summed E-state index contributed by atoms with van der Waals surface area (Å²) in [7, 11) is 1.99. The molecule has 70 valence electrons. The number of hydrogen-bond donors (Lipinski definition) is 0. The lowest BCUT2D eigenvalue weighted by molar-refractivity contribution is 0.0977. The van der Waals surface area contributed by atoms with Crippen LogP contribution >= 0.6 is 0 Å². The molecule has 3 nitrogen and oxygen atoms in total. The van der Waals surface area contributed by atoms with E-state index >= 15 is 0 Å². The summed E-state index contributed by atoms with van der Waals surface area (Å²) < 4.78 is 2.04. The van der Waals surface area contributed by atoms with Crippen molar-refractivity contribution >= 4 is 5.78 Å². The molecule has 0 amide bonds. The largest absolute Gasteiger partial charge is 0.335 e. The molecule has 0 aromatic carbocycles. The van der Waals surface area contributed by atoms with Gasteiger partial charge in [0.1, 0.15) is 11.5 Å². The van der Waals surface area contributed by atoms with E-state index in [1.165, 1.54) is 0 Å². The second-order valence-electron chi connectivity index (χ2n) is 3.64. The number of hydrogen-bond acceptors (Lipinski definition) is 2. The van der Waals surface area contributed by atoms with Crippen LogP contribution in [0.4, 0.5) is 0 Å². The number of Topliss-reactive ketones (excluding diaryl/α,β-unsaturated/α-hetero) is 1. The zero-order valence-electron chi connectivity index (χ0n) is 8.13. The molecule has 0 atom stereocenters. The van der Waals surface area contributed by atoms with Crippen molar-refractivity contribution in [2.24, 2.45) is 7.05 Å². The van der Waals surface area contributed by atoms with E-state index in [0.717, 1.165) is 36.5 Å². The van der Waals surface area contributed by atoms with Gasteiger partial charge in [0.25, 0.3) is 0 Å². The van der Waals surface area contributed by atoms with E-state index in [4.69, 9.17) is 0 Å². The first kappa shape index (κ1) is 8.48. The fraction of sp³-hybridized carbons (Fsp3) is 0.600. The molecule has 13 heavy (non-hydrogen) atoms. The Morgan fingerprint density at radius 2 is 2.00 bits per heavy atom. The Bertz CT molecular complexity index is 352. The molecule has 0 saturated carbocycles. The van der Waals surface area contributed by atoms with E-state index in [9.17, 15) is 4.79 Å². The van der Waals surface area contributed by atoms with Gasteiger partial charge in [0.05, 0.1) is 0 Å². The topological polar surface area (TPSA) is 34.9 Å². The average molecular weight is 178 g/mol. The Balaban J connectivity index is 2.53. The van der Waals surface area contributed by atoms with Gasteiger partial charge in [-0.15, -0.1) is 0 Å². The molecular weight excluding hydrogens is 164 g/mol. The summed E-state index contributed by atoms with van der Waals surface area (Å²) in [5, 5.41) is 0. The van der Waals surface area contributed by atoms with Gasteiger partial charge in [0.15, 0.2) is 5.78 Å². The Kier molecular flexibility index (Phi) is 1.94. The molecule has 0 aliphatic heterocycles. The van der Waals surface area contributed by atoms with Crippen LogP contribution in [-0.4, -0.2) is 15.3 Å². The normalized spacial score (nSPS) is 16.9. The van der Waals surface area contributed by atoms with Crippen molar-refractivity contribution in [3.8, 4) is 0 Å². The standard InChI is InChI=1S/C10H14N2O/c1-7-11-10-8(12(7)2)5-3-4-6-9(10)13/h3-6H2,1-2H3. The number of fused-ring (bicyclic) bond motifs is 1. The minimum absolute atomic E-state index is 0.219. The summed E-state index contributed by atoms with van der Waals surface area (Å²) in [5.74, 6) is 1.16. The molecule has 0 saturated heterocycles. The fourth-order valence-electron chi connectivity index (χ4n) is 1.86. The first-order valence-electron chi connectivity index (χ1n) is 4.75. The summed E-state index contributed by atoms with van der Waals surface area (Å²) in [6.07, 6.45) is 3.79. The van der Waals surface area contributed by atoms with Crippen LogP contribution in [0.5, 0.6) is 0 Å². The second kappa shape index (κ2) is 2.98. The maximum Gasteiger partial charge on any atom is 0.183 e. The molecule has 1 aliphatic rings. The first-order chi connectivity index (χ1) is 6.20. The highest BCUT2D eigenvalue weighted by molar-refractivity contribution is 5.95. The van der Waals surface area contributed by atoms with Gasteiger partial charge in [-0.2, -0.15) is 0 Å². The number of rotatable bonds is 0. The zero-order valence-corrected chi connectivity index (χ0v) is 8.13. The van der Waals surface area contributed by atoms with Gasteiger partial charge in [0.2, 0.25) is 0 Å². The second-order valence-corrected chi connectivity index (χ2v) is 3.64. The monoisotopic (exact) mass is 178 g/mol. The Morgan fingerprint density at radius 3 is 2.77 bits per heavy atom. The van der Waals surface area contributed by atoms with Crippen molar-refractivity contribution < 1.29 is 4.79 Å². The number of imidazole rings is 1. The minimum Gasteiger partial charge on any atom is -0.335 e. The van der Waals surface area contributed by atoms with Crippen molar-refractivity contribution in [2.45, 2.75) is 32.6 Å². The van der Waals surface area contributed by atoms with Crippen molar-refractivity contribution in [1.29, 1.82) is 0 Å². The first-order valence-corrected chi connectivity index (χ1v) is 4.75. The Hall–Kier alpha value is -1.12. The van der Waals surface area contributed by atoms with E-state index in [2.05, 4.69) is 4.98 Å². The third-order valence-electron chi connectivity index (χ3n) is 2.77. The van der Waals surface area contributed by atoms with E-state index in [-0.39, 0.29) is 5.78 Å². The van der Waals surface area contributed by atoms with Gasteiger partial charge < -0.3 is 4.57 Å². The summed E-state index contributed by atoms with van der Waals surface area (Å²) in [5.41, 5.74) is 1.84. The molecule has 3 heteroatoms. The number of aryl methyl sites for hydroxylation is 1. The van der Waals surface area contributed by atoms with Crippen LogP contribution in [0.2, 0.25) is 0 Å². The zero-order chi connectivity index (χ0) is 9.42. The molecule has 1 aliphatic carbocycles. The van der Waals surface area contributed by atoms with Crippen LogP contribution in [-0.2, 0) is 13.5 Å². The molecule has 0 unspecified atom stereocenters. The highest BCUT2D eigenvalue weighted by Crippen LogP contribution is 2.20. The molecule has 1 aromatic heterocycles. The summed E-state index contributed by atoms with van der Waals surface area (Å²) >= 11 is 0. The minimum atomic E-state index is 0.219. The van der Waals surface area contributed by atoms with E-state index in [0.29, 0.717) is 6.42 Å². The van der Waals surface area contributed by atoms with Gasteiger partial charge in [0, 0.05) is 19.2 Å². The van der Waals surface area contributed by atoms with Crippen molar-refractivity contribution in [3.63, 3.8) is 0 Å². The number of ketones is 1. The molecule has 0 N–H and O–H groups in total. The third kappa shape index (κ3) is 1.28. The summed E-state index contributed by atoms with van der Waals surface area (Å²) in [4.78, 5) is 15.9. The SMILES string of the molecule is Cc1nc2c(n1C)CCCCC2=O. The molecule has 1 heterocycles. The van der Waals surface area contributed by atoms with Crippen LogP contribution in [0.15, 0.2) is 0 Å². The van der Waals surface area contributed by atoms with Gasteiger partial charge in [-0.1, -0.05) is 0 Å². The fourth-order valence-corrected chi connectivity index (χ4v) is 1.86. The van der Waals surface area contributed by atoms with Crippen LogP contribution in [0, 0.1) is 6.92 Å². The number of aromatic nitrogens is 2. The molecule has 0 bridgehead atoms. The molecular formula is C10H14N2O. The predicted octanol–water partition coefficient (Wildman–Crippen LogP) is 1.64. The van der Waals surface area contributed by atoms with Crippen LogP contribution in [0.1, 0.15) is 41.3 Å². The van der Waals surface area contributed by atoms with Crippen LogP contribution in [0.25, 0.3) is 0 Å². The molecule has 0 radical (unpaired) electrons. The number of carbonyl (C=O) groups excluding carboxylic acids is 1. The summed E-state index contributed by atoms with van der Waals surface area (Å²) in [6.45, 7) is 1.95. The number of carbonyl (C=O) groups is 1. The smallest absolute Gasteiger partial charge is 0.183 e. The van der Waals surface area contributed by atoms with Crippen LogP contribution in [0.3, 0.4) is 0 Å². The van der Waals surface area contributed by atoms with Gasteiger partial charge in [-0.3, -0.25) is 4.79 Å². The van der Waals surface area contributed by atoms with Gasteiger partial charge in [-0.25, -0.2) is 4.98 Å². The van der Waals surface area contributed by atoms with E-state index < -0.39 is 0 Å². The Morgan fingerprint density at radius 1 is 1.31 bits per heavy atom. The lowest BCUT2D eigenvalue weighted by Gasteiger charge is -2.01. The molecule has 0 spiro atoms. The molecule has 2 rings (SSSR count). The van der Waals surface area contributed by atoms with Gasteiger partial charge >= 0.3 is 0 Å². The quantitative estimate of drug-likeness (QED) is 0.566. The maximum atomic E-state index is 11.6. The Labute approximate surface area is 77.8 Å². The highest BCUT2D eigenvalue weighted by Gasteiger charge is 2.20. The lowest BCUT2D eigenvalue weighted by atomic mass is 10.2. The maximum absolute atomic E-state index is 11.6. The van der Waals surface area contributed by atoms with Crippen molar-refractivity contribution in [3.05, 3.63) is 17.2 Å². The van der Waals surface area contributed by atoms with Crippen LogP contribution < -0.4 is 0 Å². The molecule has 0 fully saturated rings. The predicted molar refractivity (Wildman–Crippen MR) is 49.8 cm³/mol.